The molecule has 0 N–H and O–H groups in total. The first-order valence-corrected chi connectivity index (χ1v) is 6.42. The molecule has 0 aromatic heterocycles. The van der Waals surface area contributed by atoms with Crippen LogP contribution < -0.4 is 4.74 Å². The van der Waals surface area contributed by atoms with E-state index in [4.69, 9.17) is 4.74 Å². The summed E-state index contributed by atoms with van der Waals surface area (Å²) >= 11 is 0. The van der Waals surface area contributed by atoms with E-state index in [9.17, 15) is 4.79 Å². The molecular weight excluding hydrogens is 212 g/mol. The van der Waals surface area contributed by atoms with E-state index in [2.05, 4.69) is 6.92 Å². The molecule has 2 rings (SSSR count). The standard InChI is InChI=1S/C15H20O2/c1-3-11-4-5-13(10-11)15(16)12-6-8-14(17-2)9-7-12/h6-9,11,13H,3-5,10H2,1-2H3. The molecule has 0 heterocycles. The molecule has 2 atom stereocenters. The van der Waals surface area contributed by atoms with Crippen LogP contribution in [0.25, 0.3) is 0 Å². The monoisotopic (exact) mass is 232 g/mol. The van der Waals surface area contributed by atoms with E-state index in [0.29, 0.717) is 5.78 Å². The van der Waals surface area contributed by atoms with Crippen LogP contribution in [0.1, 0.15) is 43.0 Å². The maximum absolute atomic E-state index is 12.3. The number of ether oxygens (including phenoxy) is 1. The number of ketones is 1. The fraction of sp³-hybridized carbons (Fsp3) is 0.533. The van der Waals surface area contributed by atoms with Gasteiger partial charge in [-0.05, 0) is 49.4 Å². The van der Waals surface area contributed by atoms with Crippen LogP contribution in [0.4, 0.5) is 0 Å². The molecule has 17 heavy (non-hydrogen) atoms. The lowest BCUT2D eigenvalue weighted by Crippen LogP contribution is -2.11. The van der Waals surface area contributed by atoms with Crippen molar-refractivity contribution in [2.45, 2.75) is 32.6 Å². The highest BCUT2D eigenvalue weighted by molar-refractivity contribution is 5.98. The number of benzene rings is 1. The molecule has 0 radical (unpaired) electrons. The Hall–Kier alpha value is -1.31. The average Bonchev–Trinajstić information content (AvgIpc) is 2.87. The fourth-order valence-electron chi connectivity index (χ4n) is 2.67. The van der Waals surface area contributed by atoms with Gasteiger partial charge in [0.25, 0.3) is 0 Å². The smallest absolute Gasteiger partial charge is 0.165 e. The molecule has 0 amide bonds. The molecule has 2 heteroatoms. The minimum absolute atomic E-state index is 0.244. The summed E-state index contributed by atoms with van der Waals surface area (Å²) in [5.74, 6) is 2.11. The Bertz CT molecular complexity index is 380. The summed E-state index contributed by atoms with van der Waals surface area (Å²) in [6, 6.07) is 7.47. The van der Waals surface area contributed by atoms with E-state index in [1.54, 1.807) is 7.11 Å². The van der Waals surface area contributed by atoms with Crippen LogP contribution in [0.3, 0.4) is 0 Å². The van der Waals surface area contributed by atoms with Crippen molar-refractivity contribution in [1.29, 1.82) is 0 Å². The minimum atomic E-state index is 0.244. The SMILES string of the molecule is CCC1CCC(C(=O)c2ccc(OC)cc2)C1. The van der Waals surface area contributed by atoms with Gasteiger partial charge in [-0.1, -0.05) is 13.3 Å². The second-order valence-corrected chi connectivity index (χ2v) is 4.88. The topological polar surface area (TPSA) is 26.3 Å². The first-order valence-electron chi connectivity index (χ1n) is 6.42. The van der Waals surface area contributed by atoms with Gasteiger partial charge in [-0.25, -0.2) is 0 Å². The molecule has 0 bridgehead atoms. The average molecular weight is 232 g/mol. The third-order valence-electron chi connectivity index (χ3n) is 3.86. The normalized spacial score (nSPS) is 23.6. The Balaban J connectivity index is 2.04. The highest BCUT2D eigenvalue weighted by Crippen LogP contribution is 2.35. The van der Waals surface area contributed by atoms with E-state index in [1.807, 2.05) is 24.3 Å². The molecule has 92 valence electrons. The summed E-state index contributed by atoms with van der Waals surface area (Å²) in [5.41, 5.74) is 0.826. The Labute approximate surface area is 103 Å². The fourth-order valence-corrected chi connectivity index (χ4v) is 2.67. The molecule has 1 saturated carbocycles. The van der Waals surface area contributed by atoms with Gasteiger partial charge in [0.15, 0.2) is 5.78 Å². The van der Waals surface area contributed by atoms with Crippen molar-refractivity contribution in [2.75, 3.05) is 7.11 Å². The van der Waals surface area contributed by atoms with Crippen LogP contribution in [-0.2, 0) is 0 Å². The molecule has 0 saturated heterocycles. The molecule has 1 aliphatic carbocycles. The van der Waals surface area contributed by atoms with Crippen molar-refractivity contribution in [3.05, 3.63) is 29.8 Å². The summed E-state index contributed by atoms with van der Waals surface area (Å²) in [6.45, 7) is 2.21. The summed E-state index contributed by atoms with van der Waals surface area (Å²) in [4.78, 5) is 12.3. The van der Waals surface area contributed by atoms with Crippen molar-refractivity contribution in [3.63, 3.8) is 0 Å². The Morgan fingerprint density at radius 2 is 2.00 bits per heavy atom. The van der Waals surface area contributed by atoms with Gasteiger partial charge in [0.05, 0.1) is 7.11 Å². The molecule has 1 aliphatic rings. The van der Waals surface area contributed by atoms with E-state index < -0.39 is 0 Å². The predicted octanol–water partition coefficient (Wildman–Crippen LogP) is 3.70. The maximum atomic E-state index is 12.3. The predicted molar refractivity (Wildman–Crippen MR) is 68.4 cm³/mol. The third-order valence-corrected chi connectivity index (χ3v) is 3.86. The van der Waals surface area contributed by atoms with Crippen molar-refractivity contribution in [2.24, 2.45) is 11.8 Å². The summed E-state index contributed by atoms with van der Waals surface area (Å²) in [5, 5.41) is 0. The largest absolute Gasteiger partial charge is 0.497 e. The summed E-state index contributed by atoms with van der Waals surface area (Å²) < 4.78 is 5.10. The van der Waals surface area contributed by atoms with Crippen molar-refractivity contribution < 1.29 is 9.53 Å². The number of carbonyl (C=O) groups excluding carboxylic acids is 1. The zero-order chi connectivity index (χ0) is 12.3. The van der Waals surface area contributed by atoms with Gasteiger partial charge in [-0.15, -0.1) is 0 Å². The highest BCUT2D eigenvalue weighted by Gasteiger charge is 2.29. The molecule has 1 fully saturated rings. The summed E-state index contributed by atoms with van der Waals surface area (Å²) in [6.07, 6.45) is 4.54. The molecule has 1 aromatic rings. The number of Topliss-reactive ketones (excluding diaryl/α,β-unsaturated/α-hetero) is 1. The highest BCUT2D eigenvalue weighted by atomic mass is 16.5. The molecule has 1 aromatic carbocycles. The lowest BCUT2D eigenvalue weighted by Gasteiger charge is -2.09. The van der Waals surface area contributed by atoms with Crippen LogP contribution in [0.5, 0.6) is 5.75 Å². The molecule has 2 nitrogen and oxygen atoms in total. The van der Waals surface area contributed by atoms with Crippen molar-refractivity contribution in [3.8, 4) is 5.75 Å². The quantitative estimate of drug-likeness (QED) is 0.740. The maximum Gasteiger partial charge on any atom is 0.165 e. The van der Waals surface area contributed by atoms with E-state index in [1.165, 1.54) is 12.8 Å². The first-order chi connectivity index (χ1) is 8.24. The van der Waals surface area contributed by atoms with Crippen LogP contribution >= 0.6 is 0 Å². The second-order valence-electron chi connectivity index (χ2n) is 4.88. The summed E-state index contributed by atoms with van der Waals surface area (Å²) in [7, 11) is 1.64. The van der Waals surface area contributed by atoms with Gasteiger partial charge >= 0.3 is 0 Å². The van der Waals surface area contributed by atoms with Gasteiger partial charge < -0.3 is 4.74 Å². The van der Waals surface area contributed by atoms with Gasteiger partial charge in [-0.2, -0.15) is 0 Å². The lowest BCUT2D eigenvalue weighted by molar-refractivity contribution is 0.0920. The van der Waals surface area contributed by atoms with Gasteiger partial charge in [0.1, 0.15) is 5.75 Å². The second kappa shape index (κ2) is 5.35. The van der Waals surface area contributed by atoms with Gasteiger partial charge in [-0.3, -0.25) is 4.79 Å². The number of methoxy groups -OCH3 is 1. The number of rotatable bonds is 4. The molecule has 0 aliphatic heterocycles. The van der Waals surface area contributed by atoms with Gasteiger partial charge in [0.2, 0.25) is 0 Å². The molecule has 0 spiro atoms. The Morgan fingerprint density at radius 1 is 1.29 bits per heavy atom. The van der Waals surface area contributed by atoms with Crippen LogP contribution in [-0.4, -0.2) is 12.9 Å². The number of hydrogen-bond acceptors (Lipinski definition) is 2. The van der Waals surface area contributed by atoms with Crippen molar-refractivity contribution >= 4 is 5.78 Å². The van der Waals surface area contributed by atoms with Crippen LogP contribution in [0.15, 0.2) is 24.3 Å². The van der Waals surface area contributed by atoms with Crippen molar-refractivity contribution in [1.82, 2.24) is 0 Å². The minimum Gasteiger partial charge on any atom is -0.497 e. The number of hydrogen-bond donors (Lipinski definition) is 0. The molecule has 2 unspecified atom stereocenters. The number of carbonyl (C=O) groups is 1. The van der Waals surface area contributed by atoms with E-state index in [0.717, 1.165) is 30.1 Å². The van der Waals surface area contributed by atoms with Gasteiger partial charge in [0, 0.05) is 11.5 Å². The van der Waals surface area contributed by atoms with Crippen LogP contribution in [0.2, 0.25) is 0 Å². The first kappa shape index (κ1) is 12.2. The third kappa shape index (κ3) is 2.68. The molecular formula is C15H20O2. The van der Waals surface area contributed by atoms with Crippen LogP contribution in [0, 0.1) is 11.8 Å². The Kier molecular flexibility index (Phi) is 3.82. The lowest BCUT2D eigenvalue weighted by atomic mass is 9.94. The van der Waals surface area contributed by atoms with E-state index in [-0.39, 0.29) is 5.92 Å². The Morgan fingerprint density at radius 3 is 2.53 bits per heavy atom. The zero-order valence-corrected chi connectivity index (χ0v) is 10.6. The van der Waals surface area contributed by atoms with E-state index >= 15 is 0 Å². The zero-order valence-electron chi connectivity index (χ0n) is 10.6.